The van der Waals surface area contributed by atoms with Gasteiger partial charge in [0.1, 0.15) is 23.3 Å². The number of pyridine rings is 1. The number of hydrogen-bond acceptors (Lipinski definition) is 3. The third-order valence-corrected chi connectivity index (χ3v) is 2.53. The Kier molecular flexibility index (Phi) is 2.70. The maximum absolute atomic E-state index is 12.7. The summed E-state index contributed by atoms with van der Waals surface area (Å²) in [5, 5.41) is 9.51. The Morgan fingerprint density at radius 3 is 2.87 bits per heavy atom. The van der Waals surface area contributed by atoms with E-state index in [-0.39, 0.29) is 5.82 Å². The zero-order chi connectivity index (χ0) is 11.0. The molecule has 0 spiro atoms. The average Bonchev–Trinajstić information content (AvgIpc) is 2.54. The molecule has 0 bridgehead atoms. The maximum atomic E-state index is 12.7. The van der Waals surface area contributed by atoms with E-state index in [4.69, 9.17) is 0 Å². The second-order valence-electron chi connectivity index (χ2n) is 3.14. The van der Waals surface area contributed by atoms with E-state index in [9.17, 15) is 9.50 Å². The van der Waals surface area contributed by atoms with Crippen molar-refractivity contribution >= 4 is 27.1 Å². The fourth-order valence-electron chi connectivity index (χ4n) is 1.51. The Morgan fingerprint density at radius 2 is 2.27 bits per heavy atom. The lowest BCUT2D eigenvalue weighted by atomic mass is 10.4. The SMILES string of the molecule is CC(O)n1c(CF)nc2nc(Br)ccc21. The van der Waals surface area contributed by atoms with E-state index in [1.54, 1.807) is 19.1 Å². The first-order valence-corrected chi connectivity index (χ1v) is 5.20. The molecule has 0 aliphatic rings. The number of imidazole rings is 1. The van der Waals surface area contributed by atoms with E-state index >= 15 is 0 Å². The molecule has 6 heteroatoms. The molecule has 0 amide bonds. The fraction of sp³-hybridized carbons (Fsp3) is 0.333. The van der Waals surface area contributed by atoms with Gasteiger partial charge in [0.15, 0.2) is 5.65 Å². The van der Waals surface area contributed by atoms with Crippen LogP contribution in [0.3, 0.4) is 0 Å². The molecule has 2 rings (SSSR count). The molecule has 0 radical (unpaired) electrons. The molecule has 0 fully saturated rings. The summed E-state index contributed by atoms with van der Waals surface area (Å²) >= 11 is 3.21. The third kappa shape index (κ3) is 1.74. The zero-order valence-electron chi connectivity index (χ0n) is 7.98. The standard InChI is InChI=1S/C9H9BrFN3O/c1-5(15)14-6-2-3-7(10)12-9(6)13-8(14)4-11/h2-3,5,15H,4H2,1H3. The van der Waals surface area contributed by atoms with Crippen molar-refractivity contribution in [2.24, 2.45) is 0 Å². The van der Waals surface area contributed by atoms with Gasteiger partial charge < -0.3 is 5.11 Å². The van der Waals surface area contributed by atoms with Gasteiger partial charge in [0.05, 0.1) is 5.52 Å². The van der Waals surface area contributed by atoms with E-state index in [1.807, 2.05) is 0 Å². The van der Waals surface area contributed by atoms with Gasteiger partial charge in [-0.15, -0.1) is 0 Å². The van der Waals surface area contributed by atoms with E-state index in [1.165, 1.54) is 4.57 Å². The summed E-state index contributed by atoms with van der Waals surface area (Å²) in [6.45, 7) is 0.835. The van der Waals surface area contributed by atoms with Gasteiger partial charge in [-0.3, -0.25) is 4.57 Å². The van der Waals surface area contributed by atoms with Gasteiger partial charge >= 0.3 is 0 Å². The summed E-state index contributed by atoms with van der Waals surface area (Å²) in [7, 11) is 0. The minimum atomic E-state index is -0.816. The number of halogens is 2. The Labute approximate surface area is 93.9 Å². The highest BCUT2D eigenvalue weighted by Crippen LogP contribution is 2.21. The van der Waals surface area contributed by atoms with E-state index in [0.29, 0.717) is 15.8 Å². The summed E-state index contributed by atoms with van der Waals surface area (Å²) < 4.78 is 14.7. The van der Waals surface area contributed by atoms with Gasteiger partial charge in [0.2, 0.25) is 0 Å². The molecule has 1 N–H and O–H groups in total. The number of aliphatic hydroxyl groups excluding tert-OH is 1. The Hall–Kier alpha value is -1.01. The largest absolute Gasteiger partial charge is 0.373 e. The molecule has 2 heterocycles. The summed E-state index contributed by atoms with van der Waals surface area (Å²) in [4.78, 5) is 8.09. The van der Waals surface area contributed by atoms with Crippen LogP contribution in [0.15, 0.2) is 16.7 Å². The number of alkyl halides is 1. The number of hydrogen-bond donors (Lipinski definition) is 1. The lowest BCUT2D eigenvalue weighted by Gasteiger charge is -2.09. The van der Waals surface area contributed by atoms with Crippen LogP contribution in [0.4, 0.5) is 4.39 Å². The summed E-state index contributed by atoms with van der Waals surface area (Å²) in [6.07, 6.45) is -0.816. The number of aliphatic hydroxyl groups is 1. The van der Waals surface area contributed by atoms with Crippen molar-refractivity contribution in [3.05, 3.63) is 22.6 Å². The van der Waals surface area contributed by atoms with Gasteiger partial charge in [-0.25, -0.2) is 14.4 Å². The van der Waals surface area contributed by atoms with Gasteiger partial charge in [-0.1, -0.05) is 0 Å². The summed E-state index contributed by atoms with van der Waals surface area (Å²) in [5.74, 6) is 0.186. The molecule has 0 saturated carbocycles. The van der Waals surface area contributed by atoms with Crippen molar-refractivity contribution in [1.29, 1.82) is 0 Å². The van der Waals surface area contributed by atoms with Crippen molar-refractivity contribution in [2.75, 3.05) is 0 Å². The second-order valence-corrected chi connectivity index (χ2v) is 3.95. The van der Waals surface area contributed by atoms with Crippen molar-refractivity contribution in [2.45, 2.75) is 19.8 Å². The Morgan fingerprint density at radius 1 is 1.53 bits per heavy atom. The first kappa shape index (κ1) is 10.5. The molecule has 1 unspecified atom stereocenters. The molecule has 4 nitrogen and oxygen atoms in total. The molecule has 0 aromatic carbocycles. The van der Waals surface area contributed by atoms with Gasteiger partial charge in [0.25, 0.3) is 0 Å². The van der Waals surface area contributed by atoms with Crippen LogP contribution >= 0.6 is 15.9 Å². The number of nitrogens with zero attached hydrogens (tertiary/aromatic N) is 3. The first-order chi connectivity index (χ1) is 7.13. The molecule has 1 atom stereocenters. The lowest BCUT2D eigenvalue weighted by molar-refractivity contribution is 0.123. The minimum Gasteiger partial charge on any atom is -0.373 e. The number of aromatic nitrogens is 3. The lowest BCUT2D eigenvalue weighted by Crippen LogP contribution is -2.07. The maximum Gasteiger partial charge on any atom is 0.179 e. The van der Waals surface area contributed by atoms with Gasteiger partial charge in [-0.05, 0) is 35.0 Å². The Bertz CT molecular complexity index is 497. The van der Waals surface area contributed by atoms with Crippen LogP contribution in [-0.2, 0) is 6.67 Å². The van der Waals surface area contributed by atoms with Crippen molar-refractivity contribution in [1.82, 2.24) is 14.5 Å². The predicted octanol–water partition coefficient (Wildman–Crippen LogP) is 2.17. The van der Waals surface area contributed by atoms with E-state index < -0.39 is 12.9 Å². The van der Waals surface area contributed by atoms with E-state index in [2.05, 4.69) is 25.9 Å². The predicted molar refractivity (Wildman–Crippen MR) is 57.0 cm³/mol. The smallest absolute Gasteiger partial charge is 0.179 e. The van der Waals surface area contributed by atoms with Crippen molar-refractivity contribution in [3.8, 4) is 0 Å². The molecule has 0 saturated heterocycles. The topological polar surface area (TPSA) is 50.9 Å². The molecular formula is C9H9BrFN3O. The molecule has 80 valence electrons. The van der Waals surface area contributed by atoms with Crippen LogP contribution in [0.5, 0.6) is 0 Å². The highest BCUT2D eigenvalue weighted by Gasteiger charge is 2.14. The highest BCUT2D eigenvalue weighted by atomic mass is 79.9. The second kappa shape index (κ2) is 3.86. The van der Waals surface area contributed by atoms with Gasteiger partial charge in [0, 0.05) is 0 Å². The summed E-state index contributed by atoms with van der Waals surface area (Å²) in [5.41, 5.74) is 1.05. The quantitative estimate of drug-likeness (QED) is 0.854. The van der Waals surface area contributed by atoms with Gasteiger partial charge in [-0.2, -0.15) is 0 Å². The molecule has 0 aliphatic carbocycles. The first-order valence-electron chi connectivity index (χ1n) is 4.41. The molecule has 15 heavy (non-hydrogen) atoms. The highest BCUT2D eigenvalue weighted by molar-refractivity contribution is 9.10. The van der Waals surface area contributed by atoms with E-state index in [0.717, 1.165) is 0 Å². The summed E-state index contributed by atoms with van der Waals surface area (Å²) in [6, 6.07) is 3.47. The fourth-order valence-corrected chi connectivity index (χ4v) is 1.81. The van der Waals surface area contributed by atoms with Crippen LogP contribution in [-0.4, -0.2) is 19.6 Å². The number of fused-ring (bicyclic) bond motifs is 1. The zero-order valence-corrected chi connectivity index (χ0v) is 9.57. The van der Waals surface area contributed by atoms with Crippen molar-refractivity contribution < 1.29 is 9.50 Å². The third-order valence-electron chi connectivity index (χ3n) is 2.09. The van der Waals surface area contributed by atoms with Crippen LogP contribution in [0.1, 0.15) is 19.0 Å². The van der Waals surface area contributed by atoms with Crippen LogP contribution < -0.4 is 0 Å². The minimum absolute atomic E-state index is 0.186. The average molecular weight is 274 g/mol. The van der Waals surface area contributed by atoms with Crippen LogP contribution in [0.2, 0.25) is 0 Å². The number of rotatable bonds is 2. The monoisotopic (exact) mass is 273 g/mol. The van der Waals surface area contributed by atoms with Crippen LogP contribution in [0.25, 0.3) is 11.2 Å². The molecule has 2 aromatic heterocycles. The molecule has 2 aromatic rings. The van der Waals surface area contributed by atoms with Crippen molar-refractivity contribution in [3.63, 3.8) is 0 Å². The molecule has 0 aliphatic heterocycles. The normalized spacial score (nSPS) is 13.3. The van der Waals surface area contributed by atoms with Crippen LogP contribution in [0, 0.1) is 0 Å². The Balaban J connectivity index is 2.74. The molecular weight excluding hydrogens is 265 g/mol.